The maximum atomic E-state index is 5.44. The molecule has 1 saturated heterocycles. The van der Waals surface area contributed by atoms with Crippen LogP contribution in [0, 0.1) is 5.92 Å². The lowest BCUT2D eigenvalue weighted by Gasteiger charge is -2.30. The van der Waals surface area contributed by atoms with Crippen LogP contribution in [0.15, 0.2) is 0 Å². The zero-order valence-electron chi connectivity index (χ0n) is 11.3. The molecule has 0 aromatic heterocycles. The van der Waals surface area contributed by atoms with E-state index < -0.39 is 0 Å². The number of nitrogens with one attached hydrogen (secondary N) is 1. The van der Waals surface area contributed by atoms with Crippen molar-refractivity contribution < 1.29 is 4.74 Å². The Kier molecular flexibility index (Phi) is 6.32. The maximum absolute atomic E-state index is 5.44. The lowest BCUT2D eigenvalue weighted by Crippen LogP contribution is -2.46. The Morgan fingerprint density at radius 1 is 1.44 bits per heavy atom. The molecule has 0 aromatic carbocycles. The Labute approximate surface area is 101 Å². The van der Waals surface area contributed by atoms with Crippen LogP contribution in [0.5, 0.6) is 0 Å². The number of nitrogens with zero attached hydrogens (tertiary/aromatic N) is 1. The second-order valence-electron chi connectivity index (χ2n) is 5.26. The van der Waals surface area contributed by atoms with Crippen LogP contribution in [0.4, 0.5) is 0 Å². The van der Waals surface area contributed by atoms with Gasteiger partial charge in [-0.3, -0.25) is 4.90 Å². The molecule has 1 heterocycles. The van der Waals surface area contributed by atoms with Crippen LogP contribution in [0.1, 0.15) is 33.6 Å². The Morgan fingerprint density at radius 3 is 2.69 bits per heavy atom. The number of rotatable bonds is 7. The smallest absolute Gasteiger partial charge is 0.0622 e. The van der Waals surface area contributed by atoms with E-state index in [0.29, 0.717) is 18.0 Å². The molecule has 1 rings (SSSR count). The molecular formula is C13H28N2O. The normalized spacial score (nSPS) is 23.2. The van der Waals surface area contributed by atoms with Crippen molar-refractivity contribution in [2.24, 2.45) is 5.92 Å². The molecule has 2 unspecified atom stereocenters. The molecule has 3 heteroatoms. The molecule has 1 aliphatic heterocycles. The number of hydrogen-bond acceptors (Lipinski definition) is 3. The van der Waals surface area contributed by atoms with E-state index in [1.807, 2.05) is 0 Å². The third kappa shape index (κ3) is 4.40. The molecule has 0 radical (unpaired) electrons. The first-order valence-electron chi connectivity index (χ1n) is 6.66. The van der Waals surface area contributed by atoms with Gasteiger partial charge in [-0.1, -0.05) is 20.8 Å². The predicted molar refractivity (Wildman–Crippen MR) is 68.8 cm³/mol. The third-order valence-corrected chi connectivity index (χ3v) is 3.47. The fraction of sp³-hybridized carbons (Fsp3) is 1.00. The highest BCUT2D eigenvalue weighted by Gasteiger charge is 2.23. The largest absolute Gasteiger partial charge is 0.380 e. The van der Waals surface area contributed by atoms with Gasteiger partial charge in [-0.15, -0.1) is 0 Å². The molecule has 0 saturated carbocycles. The summed E-state index contributed by atoms with van der Waals surface area (Å²) in [5.74, 6) is 0.691. The summed E-state index contributed by atoms with van der Waals surface area (Å²) in [6.07, 6.45) is 2.40. The number of hydrogen-bond donors (Lipinski definition) is 1. The minimum atomic E-state index is 0.602. The quantitative estimate of drug-likeness (QED) is 0.718. The van der Waals surface area contributed by atoms with E-state index in [1.165, 1.54) is 12.8 Å². The number of ether oxygens (including phenoxy) is 1. The molecule has 3 nitrogen and oxygen atoms in total. The average molecular weight is 228 g/mol. The first kappa shape index (κ1) is 13.9. The van der Waals surface area contributed by atoms with Crippen molar-refractivity contribution in [3.05, 3.63) is 0 Å². The van der Waals surface area contributed by atoms with Crippen molar-refractivity contribution >= 4 is 0 Å². The summed E-state index contributed by atoms with van der Waals surface area (Å²) < 4.78 is 5.44. The van der Waals surface area contributed by atoms with Gasteiger partial charge in [0.1, 0.15) is 0 Å². The van der Waals surface area contributed by atoms with Crippen molar-refractivity contribution in [1.29, 1.82) is 0 Å². The van der Waals surface area contributed by atoms with Crippen molar-refractivity contribution in [3.8, 4) is 0 Å². The molecule has 0 spiro atoms. The van der Waals surface area contributed by atoms with Gasteiger partial charge in [0, 0.05) is 25.2 Å². The van der Waals surface area contributed by atoms with Gasteiger partial charge in [0.25, 0.3) is 0 Å². The van der Waals surface area contributed by atoms with Gasteiger partial charge in [-0.25, -0.2) is 0 Å². The molecule has 1 N–H and O–H groups in total. The van der Waals surface area contributed by atoms with Gasteiger partial charge in [0.05, 0.1) is 6.61 Å². The van der Waals surface area contributed by atoms with E-state index in [2.05, 4.69) is 38.0 Å². The Bertz CT molecular complexity index is 179. The molecule has 16 heavy (non-hydrogen) atoms. The monoisotopic (exact) mass is 228 g/mol. The minimum Gasteiger partial charge on any atom is -0.380 e. The van der Waals surface area contributed by atoms with Gasteiger partial charge < -0.3 is 10.1 Å². The third-order valence-electron chi connectivity index (χ3n) is 3.47. The van der Waals surface area contributed by atoms with Gasteiger partial charge in [0.2, 0.25) is 0 Å². The highest BCUT2D eigenvalue weighted by atomic mass is 16.5. The van der Waals surface area contributed by atoms with Crippen LogP contribution in [-0.4, -0.2) is 50.3 Å². The topological polar surface area (TPSA) is 24.5 Å². The van der Waals surface area contributed by atoms with E-state index in [9.17, 15) is 0 Å². The van der Waals surface area contributed by atoms with Crippen LogP contribution in [0.2, 0.25) is 0 Å². The molecular weight excluding hydrogens is 200 g/mol. The first-order chi connectivity index (χ1) is 7.65. The van der Waals surface area contributed by atoms with E-state index in [-0.39, 0.29) is 0 Å². The molecule has 1 fully saturated rings. The Morgan fingerprint density at radius 2 is 2.19 bits per heavy atom. The van der Waals surface area contributed by atoms with Crippen LogP contribution < -0.4 is 5.32 Å². The second-order valence-corrected chi connectivity index (χ2v) is 5.26. The fourth-order valence-electron chi connectivity index (χ4n) is 2.17. The van der Waals surface area contributed by atoms with Crippen LogP contribution in [0.25, 0.3) is 0 Å². The fourth-order valence-corrected chi connectivity index (χ4v) is 2.17. The van der Waals surface area contributed by atoms with Gasteiger partial charge in [0.15, 0.2) is 0 Å². The van der Waals surface area contributed by atoms with Crippen molar-refractivity contribution in [3.63, 3.8) is 0 Å². The van der Waals surface area contributed by atoms with Crippen molar-refractivity contribution in [2.75, 3.05) is 33.4 Å². The first-order valence-corrected chi connectivity index (χ1v) is 6.66. The highest BCUT2D eigenvalue weighted by Crippen LogP contribution is 2.12. The summed E-state index contributed by atoms with van der Waals surface area (Å²) in [5.41, 5.74) is 0. The van der Waals surface area contributed by atoms with Crippen LogP contribution in [0.3, 0.4) is 0 Å². The van der Waals surface area contributed by atoms with E-state index in [1.54, 1.807) is 0 Å². The predicted octanol–water partition coefficient (Wildman–Crippen LogP) is 1.73. The van der Waals surface area contributed by atoms with Crippen LogP contribution >= 0.6 is 0 Å². The summed E-state index contributed by atoms with van der Waals surface area (Å²) in [7, 11) is 2.22. The molecule has 0 amide bonds. The highest BCUT2D eigenvalue weighted by molar-refractivity contribution is 4.79. The van der Waals surface area contributed by atoms with E-state index in [4.69, 9.17) is 4.74 Å². The Balaban J connectivity index is 2.34. The zero-order chi connectivity index (χ0) is 12.0. The number of likely N-dealkylation sites (N-methyl/N-ethyl adjacent to an activating group) is 1. The van der Waals surface area contributed by atoms with Gasteiger partial charge in [-0.2, -0.15) is 0 Å². The summed E-state index contributed by atoms with van der Waals surface area (Å²) in [4.78, 5) is 2.46. The zero-order valence-corrected chi connectivity index (χ0v) is 11.3. The van der Waals surface area contributed by atoms with Crippen molar-refractivity contribution in [1.82, 2.24) is 10.2 Å². The molecule has 1 aliphatic rings. The van der Waals surface area contributed by atoms with Crippen LogP contribution in [-0.2, 0) is 4.74 Å². The van der Waals surface area contributed by atoms with Gasteiger partial charge >= 0.3 is 0 Å². The molecule has 0 aliphatic carbocycles. The summed E-state index contributed by atoms with van der Waals surface area (Å²) in [6, 6.07) is 1.23. The lowest BCUT2D eigenvalue weighted by molar-refractivity contribution is 0.147. The lowest BCUT2D eigenvalue weighted by atomic mass is 10.0. The molecule has 0 bridgehead atoms. The standard InChI is InChI=1S/C13H28N2O/c1-5-7-14-13(11(2)3)9-15(4)12-6-8-16-10-12/h11-14H,5-10H2,1-4H3. The second kappa shape index (κ2) is 7.25. The van der Waals surface area contributed by atoms with Gasteiger partial charge in [-0.05, 0) is 32.4 Å². The van der Waals surface area contributed by atoms with E-state index in [0.717, 1.165) is 26.3 Å². The SMILES string of the molecule is CCCNC(CN(C)C1CCOC1)C(C)C. The molecule has 96 valence electrons. The van der Waals surface area contributed by atoms with E-state index >= 15 is 0 Å². The summed E-state index contributed by atoms with van der Waals surface area (Å²) >= 11 is 0. The maximum Gasteiger partial charge on any atom is 0.0622 e. The summed E-state index contributed by atoms with van der Waals surface area (Å²) in [6.45, 7) is 10.9. The molecule has 0 aromatic rings. The minimum absolute atomic E-state index is 0.602. The summed E-state index contributed by atoms with van der Waals surface area (Å²) in [5, 5.41) is 3.64. The average Bonchev–Trinajstić information content (AvgIpc) is 2.76. The molecule has 2 atom stereocenters. The van der Waals surface area contributed by atoms with Crippen molar-refractivity contribution in [2.45, 2.75) is 45.7 Å². The Hall–Kier alpha value is -0.120.